The molecule has 14 aromatic rings. The van der Waals surface area contributed by atoms with Crippen molar-refractivity contribution < 1.29 is 32.4 Å². The van der Waals surface area contributed by atoms with Gasteiger partial charge in [-0.05, 0) is 173 Å². The molecule has 750 valence electrons. The lowest BCUT2D eigenvalue weighted by Crippen LogP contribution is -2.54. The van der Waals surface area contributed by atoms with Crippen molar-refractivity contribution in [2.75, 3.05) is 111 Å². The zero-order valence-corrected chi connectivity index (χ0v) is 86.9. The van der Waals surface area contributed by atoms with Gasteiger partial charge in [-0.15, -0.1) is 0 Å². The van der Waals surface area contributed by atoms with Gasteiger partial charge in [0.05, 0.1) is 86.2 Å². The number of para-hydroxylation sites is 1. The number of halogens is 7. The molecule has 31 nitrogen and oxygen atoms in total. The van der Waals surface area contributed by atoms with Crippen LogP contribution in [0.5, 0.6) is 0 Å². The fourth-order valence-corrected chi connectivity index (χ4v) is 20.4. The van der Waals surface area contributed by atoms with Crippen LogP contribution in [0.15, 0.2) is 178 Å². The number of pyridine rings is 6. The monoisotopic (exact) mass is 2050 g/mol. The van der Waals surface area contributed by atoms with Gasteiger partial charge in [0.25, 0.3) is 0 Å². The summed E-state index contributed by atoms with van der Waals surface area (Å²) < 4.78 is 44.4. The topological polar surface area (TPSA) is 324 Å². The minimum atomic E-state index is -0.639. The molecule has 0 saturated carbocycles. The molecule has 4 amide bonds. The van der Waals surface area contributed by atoms with Crippen LogP contribution in [0, 0.1) is 51.2 Å². The number of benzene rings is 3. The molecule has 144 heavy (non-hydrogen) atoms. The van der Waals surface area contributed by atoms with E-state index < -0.39 is 23.0 Å². The van der Waals surface area contributed by atoms with Crippen molar-refractivity contribution in [1.29, 1.82) is 0 Å². The summed E-state index contributed by atoms with van der Waals surface area (Å²) in [6.45, 7) is 52.8. The molecule has 4 fully saturated rings. The molecule has 0 spiro atoms. The van der Waals surface area contributed by atoms with E-state index in [-0.39, 0.29) is 126 Å². The number of aryl methyl sites for hydroxylation is 4. The van der Waals surface area contributed by atoms with Crippen LogP contribution in [0.1, 0.15) is 146 Å². The number of rotatable bonds is 17. The molecule has 2 bridgehead atoms. The van der Waals surface area contributed by atoms with E-state index in [0.29, 0.717) is 203 Å². The minimum Gasteiger partial charge on any atom is -0.454 e. The maximum absolute atomic E-state index is 16.1. The van der Waals surface area contributed by atoms with Crippen LogP contribution in [0.4, 0.5) is 32.1 Å². The fourth-order valence-electron chi connectivity index (χ4n) is 19.4. The summed E-state index contributed by atoms with van der Waals surface area (Å²) in [6, 6.07) is 25.6. The lowest BCUT2D eigenvalue weighted by atomic mass is 9.93. The number of carbonyl (C=O) groups excluding carboxylic acids is 4. The molecule has 18 rings (SSSR count). The predicted octanol–water partition coefficient (Wildman–Crippen LogP) is 18.6. The SMILES string of the molecule is C=CC(=O)N1CCN(c2nc(=O)n(-c3c(C)ccnc3C(C)C)c3nc(-c4cc(C)cc(Cl)c4Cl)c(F)cc23)[C@@H](C)C1.C=CC(=O)N1CCN(c2nc(=O)n(-c3ccccc3C(C)C)c3nc(C)c(Cl)cc23)CC1.C=CC(=O)N1CCN(c2nc(=O)n(C(C(C)C)C(C)C)c3nc(C)c(Cl)cc23)CC1.C=CC(=O)N1CCN(c2nc(=O)n3c4nc(c(F)cc24)c2c(Cl)cccc2oc2ccnc(C(C)C)c23)[C@@H](C)C1. The average Bonchev–Trinajstić information content (AvgIpc) is 1.30. The summed E-state index contributed by atoms with van der Waals surface area (Å²) in [4.78, 5) is 164. The van der Waals surface area contributed by atoms with Gasteiger partial charge in [-0.25, -0.2) is 61.4 Å². The van der Waals surface area contributed by atoms with E-state index in [2.05, 4.69) is 97.8 Å². The highest BCUT2D eigenvalue weighted by molar-refractivity contribution is 6.44. The number of amides is 4. The molecule has 15 heterocycles. The maximum Gasteiger partial charge on any atom is 0.356 e. The lowest BCUT2D eigenvalue weighted by Gasteiger charge is -2.40. The molecule has 38 heteroatoms. The number of hydrogen-bond donors (Lipinski definition) is 0. The van der Waals surface area contributed by atoms with Crippen LogP contribution >= 0.6 is 58.0 Å². The highest BCUT2D eigenvalue weighted by Crippen LogP contribution is 2.43. The van der Waals surface area contributed by atoms with Gasteiger partial charge in [-0.1, -0.05) is 178 Å². The summed E-state index contributed by atoms with van der Waals surface area (Å²) in [5.74, 6) is 0.504. The third-order valence-corrected chi connectivity index (χ3v) is 28.3. The molecule has 4 aliphatic heterocycles. The number of aromatic nitrogens is 14. The normalized spacial score (nSPS) is 15.3. The highest BCUT2D eigenvalue weighted by Gasteiger charge is 2.37. The van der Waals surface area contributed by atoms with Crippen molar-refractivity contribution in [3.63, 3.8) is 0 Å². The van der Waals surface area contributed by atoms with Crippen molar-refractivity contribution in [2.24, 2.45) is 11.8 Å². The Morgan fingerprint density at radius 2 is 0.917 bits per heavy atom. The first-order valence-corrected chi connectivity index (χ1v) is 49.6. The van der Waals surface area contributed by atoms with Crippen LogP contribution in [-0.2, 0) is 19.2 Å². The van der Waals surface area contributed by atoms with Gasteiger partial charge in [-0.3, -0.25) is 33.7 Å². The van der Waals surface area contributed by atoms with Crippen LogP contribution in [0.3, 0.4) is 0 Å². The molecule has 0 N–H and O–H groups in total. The molecule has 0 radical (unpaired) electrons. The molecule has 4 aliphatic rings. The van der Waals surface area contributed by atoms with Crippen LogP contribution in [0.2, 0.25) is 25.1 Å². The van der Waals surface area contributed by atoms with Crippen molar-refractivity contribution in [1.82, 2.24) is 87.5 Å². The van der Waals surface area contributed by atoms with E-state index in [4.69, 9.17) is 82.4 Å². The highest BCUT2D eigenvalue weighted by atomic mass is 35.5. The molecule has 11 aromatic heterocycles. The number of hydrogen-bond acceptors (Lipinski definition) is 23. The minimum absolute atomic E-state index is 0.0260. The average molecular weight is 2050 g/mol. The van der Waals surface area contributed by atoms with E-state index >= 15 is 8.78 Å². The van der Waals surface area contributed by atoms with E-state index in [1.807, 2.05) is 131 Å². The lowest BCUT2D eigenvalue weighted by molar-refractivity contribution is -0.127. The Morgan fingerprint density at radius 1 is 0.444 bits per heavy atom. The first-order valence-electron chi connectivity index (χ1n) is 47.7. The Bertz CT molecular complexity index is 7810. The van der Waals surface area contributed by atoms with Crippen LogP contribution < -0.4 is 42.4 Å². The summed E-state index contributed by atoms with van der Waals surface area (Å²) in [6.07, 6.45) is 8.52. The fraction of sp³-hybridized carbons (Fsp3) is 0.358. The molecule has 4 saturated heterocycles. The zero-order chi connectivity index (χ0) is 104. The first kappa shape index (κ1) is 105. The number of anilines is 4. The smallest absolute Gasteiger partial charge is 0.356 e. The number of fused-ring (bicyclic) bond motifs is 8. The van der Waals surface area contributed by atoms with Crippen molar-refractivity contribution >= 4 is 177 Å². The Balaban J connectivity index is 0.000000146. The second-order valence-corrected chi connectivity index (χ2v) is 39.8. The third kappa shape index (κ3) is 20.6. The summed E-state index contributed by atoms with van der Waals surface area (Å²) >= 11 is 32.3. The van der Waals surface area contributed by atoms with Gasteiger partial charge in [0.15, 0.2) is 28.3 Å². The van der Waals surface area contributed by atoms with E-state index in [1.165, 1.54) is 45.4 Å². The van der Waals surface area contributed by atoms with Gasteiger partial charge in [0, 0.05) is 134 Å². The van der Waals surface area contributed by atoms with Gasteiger partial charge in [-0.2, -0.15) is 19.9 Å². The van der Waals surface area contributed by atoms with Gasteiger partial charge >= 0.3 is 22.8 Å². The summed E-state index contributed by atoms with van der Waals surface area (Å²) in [5, 5.41) is 4.19. The Kier molecular flexibility index (Phi) is 31.6. The summed E-state index contributed by atoms with van der Waals surface area (Å²) in [7, 11) is 0. The second-order valence-electron chi connectivity index (χ2n) is 37.8. The van der Waals surface area contributed by atoms with Crippen molar-refractivity contribution in [3.8, 4) is 22.6 Å². The maximum atomic E-state index is 16.1. The number of nitrogens with zero attached hydrogens (tertiary/aromatic N) is 22. The zero-order valence-electron chi connectivity index (χ0n) is 83.1. The van der Waals surface area contributed by atoms with E-state index in [9.17, 15) is 38.4 Å². The van der Waals surface area contributed by atoms with Crippen molar-refractivity contribution in [3.05, 3.63) is 272 Å². The Morgan fingerprint density at radius 3 is 1.46 bits per heavy atom. The number of carbonyl (C=O) groups is 4. The van der Waals surface area contributed by atoms with Gasteiger partial charge in [0.1, 0.15) is 57.0 Å². The van der Waals surface area contributed by atoms with Gasteiger partial charge in [0.2, 0.25) is 23.6 Å². The Hall–Kier alpha value is -13.7. The molecular weight excluding hydrogens is 1940 g/mol. The quantitative estimate of drug-likeness (QED) is 0.0764. The summed E-state index contributed by atoms with van der Waals surface area (Å²) in [5.41, 5.74) is 7.48. The standard InChI is InChI=1S/C31H31Cl2FN6O2.C29H26ClFN6O3.C24H26ClN5O2.C22H30ClN5O2/c1-7-24(41)38-10-11-39(19(6)15-38)29-21-14-23(34)27(20-12-17(4)13-22(32)25(20)33)36-30(21)40(31(42)37-29)28-18(5)8-9-35-26(28)16(2)3;1-5-22(38)35-11-12-36(16(4)14-35)27-17-13-19(31)25-23-18(30)7-6-8-20(23)40-21-9-10-32-24(15(2)3)26(21)37(28(17)33-25)29(39)34-27;1-5-21(31)28-10-12-29(13-11-28)22-18-14-19(25)16(4)26-23(18)30(24(32)27-22)20-9-7-6-8-17(20)15(2)3;1-7-18(29)26-8-10-27(11-9-26)20-16-12-17(23)15(6)24-21(16)28(22(30)25-20)19(13(2)3)14(4)5/h7-9,12-14,16,19H,1,10-11,15H2,2-6H3;5-10,13,15-16H,1,11-12,14H2,2-4H3;5-9,14-15H,1,10-13H2,2-4H3;7,12-14,19H,1,8-11H2,2-6H3/t19-;16-;;/m00../s1. The molecule has 0 unspecified atom stereocenters. The largest absolute Gasteiger partial charge is 0.454 e. The molecule has 2 atom stereocenters. The first-order chi connectivity index (χ1) is 68.6. The molecule has 0 aliphatic carbocycles. The van der Waals surface area contributed by atoms with Crippen molar-refractivity contribution in [2.45, 2.75) is 147 Å². The second kappa shape index (κ2) is 43.4. The Labute approximate surface area is 855 Å². The molecule has 3 aromatic carbocycles. The van der Waals surface area contributed by atoms with E-state index in [0.717, 1.165) is 27.8 Å². The number of piperazine rings is 4. The molecular formula is C106H113Cl5F2N22O9. The van der Waals surface area contributed by atoms with Gasteiger partial charge < -0.3 is 43.6 Å². The van der Waals surface area contributed by atoms with E-state index in [1.54, 1.807) is 77.5 Å². The third-order valence-electron chi connectivity index (χ3n) is 26.4. The predicted molar refractivity (Wildman–Crippen MR) is 568 cm³/mol. The van der Waals surface area contributed by atoms with Crippen LogP contribution in [-0.4, -0.2) is 215 Å². The van der Waals surface area contributed by atoms with Crippen LogP contribution in [0.25, 0.3) is 94.4 Å².